The molecule has 11 heteroatoms. The number of benzene rings is 1. The zero-order valence-electron chi connectivity index (χ0n) is 12.4. The average Bonchev–Trinajstić information content (AvgIpc) is 2.88. The highest BCUT2D eigenvalue weighted by Gasteiger charge is 2.40. The SMILES string of the molecule is C=CC(=O)Nc1cc(Cl)cc(NC(=O)c2cnn(N)c2C(F)(F)F)c1. The Morgan fingerprint density at radius 1 is 1.24 bits per heavy atom. The molecule has 0 aliphatic rings. The van der Waals surface area contributed by atoms with Gasteiger partial charge in [-0.1, -0.05) is 18.2 Å². The van der Waals surface area contributed by atoms with E-state index in [-0.39, 0.29) is 21.2 Å². The molecule has 0 aliphatic heterocycles. The number of nitrogens with zero attached hydrogens (tertiary/aromatic N) is 2. The third-order valence-corrected chi connectivity index (χ3v) is 3.14. The predicted molar refractivity (Wildman–Crippen MR) is 85.6 cm³/mol. The minimum absolute atomic E-state index is 0.0646. The van der Waals surface area contributed by atoms with Crippen molar-refractivity contribution >= 4 is 34.8 Å². The number of nitrogens with two attached hydrogens (primary N) is 1. The molecule has 0 aliphatic carbocycles. The molecule has 0 fully saturated rings. The molecular formula is C14H11ClF3N5O2. The summed E-state index contributed by atoms with van der Waals surface area (Å²) in [6.07, 6.45) is -3.15. The van der Waals surface area contributed by atoms with E-state index in [1.807, 2.05) is 0 Å². The summed E-state index contributed by atoms with van der Waals surface area (Å²) in [4.78, 5) is 23.5. The first-order valence-corrected chi connectivity index (χ1v) is 6.95. The normalized spacial score (nSPS) is 11.0. The van der Waals surface area contributed by atoms with Crippen molar-refractivity contribution in [3.05, 3.63) is 53.3 Å². The topological polar surface area (TPSA) is 102 Å². The molecule has 0 saturated carbocycles. The number of nitrogens with one attached hydrogen (secondary N) is 2. The van der Waals surface area contributed by atoms with Gasteiger partial charge in [0.15, 0.2) is 5.69 Å². The van der Waals surface area contributed by atoms with Gasteiger partial charge in [-0.15, -0.1) is 0 Å². The van der Waals surface area contributed by atoms with Gasteiger partial charge in [-0.2, -0.15) is 23.1 Å². The predicted octanol–water partition coefficient (Wildman–Crippen LogP) is 2.65. The van der Waals surface area contributed by atoms with E-state index >= 15 is 0 Å². The van der Waals surface area contributed by atoms with Gasteiger partial charge in [0.05, 0.1) is 11.8 Å². The second-order valence-electron chi connectivity index (χ2n) is 4.73. The number of carbonyl (C=O) groups is 2. The number of carbonyl (C=O) groups excluding carboxylic acids is 2. The highest BCUT2D eigenvalue weighted by molar-refractivity contribution is 6.31. The van der Waals surface area contributed by atoms with Crippen molar-refractivity contribution in [3.8, 4) is 0 Å². The number of rotatable bonds is 4. The molecule has 2 aromatic rings. The quantitative estimate of drug-likeness (QED) is 0.566. The Bertz CT molecular complexity index is 847. The lowest BCUT2D eigenvalue weighted by Crippen LogP contribution is -2.24. The van der Waals surface area contributed by atoms with E-state index in [4.69, 9.17) is 17.4 Å². The van der Waals surface area contributed by atoms with Crippen LogP contribution in [0.5, 0.6) is 0 Å². The summed E-state index contributed by atoms with van der Waals surface area (Å²) in [6.45, 7) is 3.28. The van der Waals surface area contributed by atoms with Crippen molar-refractivity contribution < 1.29 is 22.8 Å². The third kappa shape index (κ3) is 4.29. The van der Waals surface area contributed by atoms with Crippen molar-refractivity contribution in [2.45, 2.75) is 6.18 Å². The Balaban J connectivity index is 2.30. The maximum absolute atomic E-state index is 13.0. The number of amides is 2. The molecule has 2 rings (SSSR count). The molecule has 7 nitrogen and oxygen atoms in total. The molecule has 0 spiro atoms. The number of alkyl halides is 3. The van der Waals surface area contributed by atoms with Crippen LogP contribution in [-0.2, 0) is 11.0 Å². The molecule has 1 heterocycles. The van der Waals surface area contributed by atoms with Crippen LogP contribution in [-0.4, -0.2) is 21.7 Å². The Kier molecular flexibility index (Phi) is 5.02. The average molecular weight is 374 g/mol. The molecule has 1 aromatic heterocycles. The van der Waals surface area contributed by atoms with Crippen molar-refractivity contribution in [3.63, 3.8) is 0 Å². The van der Waals surface area contributed by atoms with Crippen LogP contribution in [0.15, 0.2) is 37.1 Å². The summed E-state index contributed by atoms with van der Waals surface area (Å²) in [7, 11) is 0. The van der Waals surface area contributed by atoms with Gasteiger partial charge in [-0.3, -0.25) is 9.59 Å². The van der Waals surface area contributed by atoms with Gasteiger partial charge < -0.3 is 16.5 Å². The largest absolute Gasteiger partial charge is 0.435 e. The minimum atomic E-state index is -4.87. The zero-order chi connectivity index (χ0) is 18.8. The highest BCUT2D eigenvalue weighted by atomic mass is 35.5. The van der Waals surface area contributed by atoms with Gasteiger partial charge in [0, 0.05) is 16.4 Å². The summed E-state index contributed by atoms with van der Waals surface area (Å²) in [5.74, 6) is 3.49. The summed E-state index contributed by atoms with van der Waals surface area (Å²) >= 11 is 5.87. The second kappa shape index (κ2) is 6.85. The molecule has 1 aromatic carbocycles. The molecule has 25 heavy (non-hydrogen) atoms. The number of halogens is 4. The van der Waals surface area contributed by atoms with Crippen LogP contribution in [0.1, 0.15) is 16.1 Å². The standard InChI is InChI=1S/C14H11ClF3N5O2/c1-2-11(24)21-8-3-7(15)4-9(5-8)22-13(25)10-6-20-23(19)12(10)14(16,17)18/h2-6H,1,19H2,(H,21,24)(H,22,25). The highest BCUT2D eigenvalue weighted by Crippen LogP contribution is 2.31. The Hall–Kier alpha value is -3.01. The van der Waals surface area contributed by atoms with Crippen LogP contribution >= 0.6 is 11.6 Å². The molecule has 0 saturated heterocycles. The van der Waals surface area contributed by atoms with Crippen LogP contribution in [0.3, 0.4) is 0 Å². The molecule has 0 atom stereocenters. The third-order valence-electron chi connectivity index (χ3n) is 2.92. The molecule has 2 amide bonds. The summed E-state index contributed by atoms with van der Waals surface area (Å²) in [5, 5.41) is 8.06. The van der Waals surface area contributed by atoms with Crippen LogP contribution in [0.2, 0.25) is 5.02 Å². The molecule has 0 unspecified atom stereocenters. The zero-order valence-corrected chi connectivity index (χ0v) is 13.1. The number of aromatic nitrogens is 2. The summed E-state index contributed by atoms with van der Waals surface area (Å²) < 4.78 is 38.9. The molecule has 0 radical (unpaired) electrons. The van der Waals surface area contributed by atoms with Crippen LogP contribution in [0.25, 0.3) is 0 Å². The van der Waals surface area contributed by atoms with E-state index in [0.717, 1.165) is 6.08 Å². The van der Waals surface area contributed by atoms with Crippen molar-refractivity contribution in [1.82, 2.24) is 9.89 Å². The Labute approximate surface area is 144 Å². The molecular weight excluding hydrogens is 363 g/mol. The fourth-order valence-electron chi connectivity index (χ4n) is 1.94. The van der Waals surface area contributed by atoms with Crippen LogP contribution in [0.4, 0.5) is 24.5 Å². The summed E-state index contributed by atoms with van der Waals surface area (Å²) in [5.41, 5.74) is -1.87. The number of nitrogen functional groups attached to an aromatic ring is 1. The van der Waals surface area contributed by atoms with E-state index in [9.17, 15) is 22.8 Å². The van der Waals surface area contributed by atoms with Gasteiger partial charge in [0.25, 0.3) is 5.91 Å². The van der Waals surface area contributed by atoms with Gasteiger partial charge >= 0.3 is 6.18 Å². The Morgan fingerprint density at radius 2 is 1.84 bits per heavy atom. The monoisotopic (exact) mass is 373 g/mol. The number of hydrogen-bond acceptors (Lipinski definition) is 4. The molecule has 4 N–H and O–H groups in total. The van der Waals surface area contributed by atoms with Crippen LogP contribution < -0.4 is 16.5 Å². The number of anilines is 2. The van der Waals surface area contributed by atoms with Crippen molar-refractivity contribution in [1.29, 1.82) is 0 Å². The van der Waals surface area contributed by atoms with Crippen molar-refractivity contribution in [2.75, 3.05) is 16.5 Å². The number of hydrogen-bond donors (Lipinski definition) is 3. The van der Waals surface area contributed by atoms with E-state index in [0.29, 0.717) is 6.20 Å². The lowest BCUT2D eigenvalue weighted by Gasteiger charge is -2.11. The second-order valence-corrected chi connectivity index (χ2v) is 5.16. The fraction of sp³-hybridized carbons (Fsp3) is 0.0714. The van der Waals surface area contributed by atoms with Gasteiger partial charge in [-0.05, 0) is 24.3 Å². The van der Waals surface area contributed by atoms with E-state index in [2.05, 4.69) is 22.3 Å². The first-order chi connectivity index (χ1) is 11.6. The van der Waals surface area contributed by atoms with Crippen LogP contribution in [0, 0.1) is 0 Å². The molecule has 0 bridgehead atoms. The first-order valence-electron chi connectivity index (χ1n) is 6.57. The lowest BCUT2D eigenvalue weighted by molar-refractivity contribution is -0.143. The van der Waals surface area contributed by atoms with E-state index in [1.54, 1.807) is 0 Å². The lowest BCUT2D eigenvalue weighted by atomic mass is 10.2. The van der Waals surface area contributed by atoms with Gasteiger partial charge in [0.1, 0.15) is 0 Å². The van der Waals surface area contributed by atoms with Gasteiger partial charge in [-0.25, -0.2) is 0 Å². The smallest absolute Gasteiger partial charge is 0.323 e. The maximum Gasteiger partial charge on any atom is 0.435 e. The first kappa shape index (κ1) is 18.3. The minimum Gasteiger partial charge on any atom is -0.323 e. The van der Waals surface area contributed by atoms with E-state index in [1.165, 1.54) is 18.2 Å². The fourth-order valence-corrected chi connectivity index (χ4v) is 2.17. The van der Waals surface area contributed by atoms with E-state index < -0.39 is 29.2 Å². The maximum atomic E-state index is 13.0. The van der Waals surface area contributed by atoms with Gasteiger partial charge in [0.2, 0.25) is 5.91 Å². The van der Waals surface area contributed by atoms with Crippen molar-refractivity contribution in [2.24, 2.45) is 0 Å². The molecule has 132 valence electrons. The Morgan fingerprint density at radius 3 is 2.40 bits per heavy atom. The summed E-state index contributed by atoms with van der Waals surface area (Å²) in [6, 6.07) is 3.99.